The van der Waals surface area contributed by atoms with E-state index in [9.17, 15) is 4.21 Å². The molecule has 0 amide bonds. The van der Waals surface area contributed by atoms with Gasteiger partial charge in [0.05, 0.1) is 25.3 Å². The van der Waals surface area contributed by atoms with Crippen LogP contribution < -0.4 is 9.47 Å². The van der Waals surface area contributed by atoms with Gasteiger partial charge in [-0.05, 0) is 18.6 Å². The normalized spacial score (nSPS) is 13.6. The second kappa shape index (κ2) is 7.12. The molecule has 146 valence electrons. The number of ether oxygens (including phenoxy) is 2. The van der Waals surface area contributed by atoms with Crippen LogP contribution in [0.15, 0.2) is 41.1 Å². The van der Waals surface area contributed by atoms with Gasteiger partial charge in [-0.15, -0.1) is 5.10 Å². The van der Waals surface area contributed by atoms with Gasteiger partial charge in [0.15, 0.2) is 11.4 Å². The molecule has 10 heteroatoms. The molecule has 1 atom stereocenters. The molecule has 4 rings (SSSR count). The fourth-order valence-corrected chi connectivity index (χ4v) is 3.51. The second-order valence-electron chi connectivity index (χ2n) is 6.34. The number of nitrogens with zero attached hydrogens (tertiary/aromatic N) is 4. The standard InChI is InChI=1S/C18H19N5O4S/c1-25-18-12-10-15(27-14(12)6-7-20-18)13-11-21-16-4-5-17(22-23(13)16)26-8-3-9-28(2,19)24/h4-7,10-11,19H,3,8-9H2,1-2H3. The molecule has 0 bridgehead atoms. The minimum absolute atomic E-state index is 0.292. The molecule has 9 nitrogen and oxygen atoms in total. The summed E-state index contributed by atoms with van der Waals surface area (Å²) >= 11 is 0. The summed E-state index contributed by atoms with van der Waals surface area (Å²) in [5.41, 5.74) is 1.97. The summed E-state index contributed by atoms with van der Waals surface area (Å²) < 4.78 is 37.3. The summed E-state index contributed by atoms with van der Waals surface area (Å²) in [6.45, 7) is 0.333. The lowest BCUT2D eigenvalue weighted by Gasteiger charge is -2.06. The Kier molecular flexibility index (Phi) is 4.63. The van der Waals surface area contributed by atoms with E-state index < -0.39 is 9.73 Å². The number of fused-ring (bicyclic) bond motifs is 2. The molecule has 0 radical (unpaired) electrons. The van der Waals surface area contributed by atoms with E-state index in [0.29, 0.717) is 53.2 Å². The zero-order chi connectivity index (χ0) is 19.7. The molecule has 0 aliphatic carbocycles. The molecule has 0 saturated heterocycles. The van der Waals surface area contributed by atoms with E-state index in [1.807, 2.05) is 6.07 Å². The summed E-state index contributed by atoms with van der Waals surface area (Å²) in [6.07, 6.45) is 5.24. The Hall–Kier alpha value is -3.14. The van der Waals surface area contributed by atoms with E-state index in [1.54, 1.807) is 42.2 Å². The highest BCUT2D eigenvalue weighted by Gasteiger charge is 2.15. The van der Waals surface area contributed by atoms with Crippen molar-refractivity contribution in [2.24, 2.45) is 0 Å². The molecule has 0 aliphatic rings. The fourth-order valence-electron chi connectivity index (χ4n) is 2.84. The van der Waals surface area contributed by atoms with Crippen molar-refractivity contribution in [2.45, 2.75) is 6.42 Å². The van der Waals surface area contributed by atoms with E-state index in [-0.39, 0.29) is 0 Å². The van der Waals surface area contributed by atoms with Gasteiger partial charge in [0.2, 0.25) is 11.8 Å². The first-order valence-electron chi connectivity index (χ1n) is 8.56. The molecular weight excluding hydrogens is 382 g/mol. The molecule has 0 fully saturated rings. The number of aromatic nitrogens is 4. The summed E-state index contributed by atoms with van der Waals surface area (Å²) in [5, 5.41) is 5.23. The molecule has 0 spiro atoms. The highest BCUT2D eigenvalue weighted by molar-refractivity contribution is 7.91. The third-order valence-corrected chi connectivity index (χ3v) is 5.19. The minimum atomic E-state index is -2.51. The van der Waals surface area contributed by atoms with Crippen LogP contribution in [0.2, 0.25) is 0 Å². The Bertz CT molecular complexity index is 1250. The van der Waals surface area contributed by atoms with E-state index in [4.69, 9.17) is 18.7 Å². The maximum absolute atomic E-state index is 11.4. The van der Waals surface area contributed by atoms with Crippen LogP contribution in [0.25, 0.3) is 28.1 Å². The topological polar surface area (TPSA) is 116 Å². The third kappa shape index (κ3) is 3.63. The molecule has 4 heterocycles. The maximum Gasteiger partial charge on any atom is 0.231 e. The van der Waals surface area contributed by atoms with Crippen LogP contribution in [0.1, 0.15) is 6.42 Å². The molecule has 1 unspecified atom stereocenters. The van der Waals surface area contributed by atoms with Gasteiger partial charge in [-0.2, -0.15) is 0 Å². The molecule has 4 aromatic heterocycles. The number of hydrogen-bond acceptors (Lipinski definition) is 8. The summed E-state index contributed by atoms with van der Waals surface area (Å²) in [7, 11) is -0.948. The van der Waals surface area contributed by atoms with Crippen molar-refractivity contribution in [2.75, 3.05) is 25.7 Å². The molecule has 0 aromatic carbocycles. The van der Waals surface area contributed by atoms with Gasteiger partial charge >= 0.3 is 0 Å². The molecule has 1 N–H and O–H groups in total. The van der Waals surface area contributed by atoms with Crippen LogP contribution in [-0.2, 0) is 9.73 Å². The number of pyridine rings is 1. The number of imidazole rings is 1. The van der Waals surface area contributed by atoms with Gasteiger partial charge in [0.1, 0.15) is 11.3 Å². The third-order valence-electron chi connectivity index (χ3n) is 4.12. The molecule has 0 saturated carbocycles. The first-order chi connectivity index (χ1) is 13.4. The van der Waals surface area contributed by atoms with Crippen LogP contribution in [0.5, 0.6) is 11.8 Å². The number of methoxy groups -OCH3 is 1. The van der Waals surface area contributed by atoms with E-state index in [1.165, 1.54) is 6.26 Å². The van der Waals surface area contributed by atoms with Crippen molar-refractivity contribution in [3.63, 3.8) is 0 Å². The average Bonchev–Trinajstić information content (AvgIpc) is 3.27. The Morgan fingerprint density at radius 3 is 2.93 bits per heavy atom. The van der Waals surface area contributed by atoms with Crippen molar-refractivity contribution in [1.29, 1.82) is 4.78 Å². The first-order valence-corrected chi connectivity index (χ1v) is 10.7. The van der Waals surface area contributed by atoms with Gasteiger partial charge in [-0.3, -0.25) is 8.99 Å². The molecule has 28 heavy (non-hydrogen) atoms. The summed E-state index contributed by atoms with van der Waals surface area (Å²) in [4.78, 5) is 8.53. The molecular formula is C18H19N5O4S. The number of rotatable bonds is 7. The highest BCUT2D eigenvalue weighted by atomic mass is 32.2. The van der Waals surface area contributed by atoms with Crippen LogP contribution in [0.3, 0.4) is 0 Å². The Morgan fingerprint density at radius 1 is 1.29 bits per heavy atom. The lowest BCUT2D eigenvalue weighted by atomic mass is 10.3. The van der Waals surface area contributed by atoms with Gasteiger partial charge in [-0.25, -0.2) is 14.5 Å². The van der Waals surface area contributed by atoms with Gasteiger partial charge < -0.3 is 13.9 Å². The van der Waals surface area contributed by atoms with E-state index >= 15 is 0 Å². The Morgan fingerprint density at radius 2 is 2.14 bits per heavy atom. The van der Waals surface area contributed by atoms with Crippen LogP contribution >= 0.6 is 0 Å². The van der Waals surface area contributed by atoms with Gasteiger partial charge in [-0.1, -0.05) is 0 Å². The van der Waals surface area contributed by atoms with Crippen LogP contribution in [0, 0.1) is 4.78 Å². The van der Waals surface area contributed by atoms with Crippen molar-refractivity contribution >= 4 is 26.3 Å². The van der Waals surface area contributed by atoms with Crippen molar-refractivity contribution in [1.82, 2.24) is 19.6 Å². The average molecular weight is 401 g/mol. The predicted molar refractivity (Wildman–Crippen MR) is 104 cm³/mol. The second-order valence-corrected chi connectivity index (χ2v) is 8.76. The number of furan rings is 1. The van der Waals surface area contributed by atoms with E-state index in [2.05, 4.69) is 15.1 Å². The smallest absolute Gasteiger partial charge is 0.231 e. The molecule has 4 aromatic rings. The maximum atomic E-state index is 11.4. The summed E-state index contributed by atoms with van der Waals surface area (Å²) in [6, 6.07) is 7.13. The monoisotopic (exact) mass is 401 g/mol. The van der Waals surface area contributed by atoms with Gasteiger partial charge in [0, 0.05) is 40.1 Å². The van der Waals surface area contributed by atoms with Crippen molar-refractivity contribution < 1.29 is 18.1 Å². The van der Waals surface area contributed by atoms with Crippen LogP contribution in [-0.4, -0.2) is 49.5 Å². The minimum Gasteiger partial charge on any atom is -0.480 e. The van der Waals surface area contributed by atoms with Crippen molar-refractivity contribution in [3.05, 3.63) is 36.7 Å². The lowest BCUT2D eigenvalue weighted by molar-refractivity contribution is 0.301. The fraction of sp³-hybridized carbons (Fsp3) is 0.278. The zero-order valence-corrected chi connectivity index (χ0v) is 16.2. The molecule has 0 aliphatic heterocycles. The van der Waals surface area contributed by atoms with E-state index in [0.717, 1.165) is 5.39 Å². The van der Waals surface area contributed by atoms with Crippen LogP contribution in [0.4, 0.5) is 0 Å². The predicted octanol–water partition coefficient (Wildman–Crippen LogP) is 2.99. The van der Waals surface area contributed by atoms with Crippen molar-refractivity contribution in [3.8, 4) is 23.2 Å². The zero-order valence-electron chi connectivity index (χ0n) is 15.4. The SMILES string of the molecule is COc1nccc2oc(-c3cnc4ccc(OCCCS(C)(=N)=O)nn34)cc12. The number of hydrogen-bond donors (Lipinski definition) is 1. The summed E-state index contributed by atoms with van der Waals surface area (Å²) in [5.74, 6) is 1.77. The Labute approximate surface area is 161 Å². The lowest BCUT2D eigenvalue weighted by Crippen LogP contribution is -2.08. The quantitative estimate of drug-likeness (QED) is 0.473. The largest absolute Gasteiger partial charge is 0.480 e. The van der Waals surface area contributed by atoms with Gasteiger partial charge in [0.25, 0.3) is 0 Å². The number of nitrogens with one attached hydrogen (secondary N) is 1. The Balaban J connectivity index is 1.63. The highest BCUT2D eigenvalue weighted by Crippen LogP contribution is 2.32. The first kappa shape index (κ1) is 18.2.